The normalized spacial score (nSPS) is 19.3. The lowest BCUT2D eigenvalue weighted by atomic mass is 10.0. The quantitative estimate of drug-likeness (QED) is 0.544. The van der Waals surface area contributed by atoms with E-state index in [9.17, 15) is 18.6 Å². The third-order valence-electron chi connectivity index (χ3n) is 5.11. The molecule has 1 amide bonds. The van der Waals surface area contributed by atoms with Crippen molar-refractivity contribution in [2.24, 2.45) is 0 Å². The molecule has 8 heteroatoms. The third kappa shape index (κ3) is 7.10. The summed E-state index contributed by atoms with van der Waals surface area (Å²) < 4.78 is 36.0. The highest BCUT2D eigenvalue weighted by Crippen LogP contribution is 2.51. The van der Waals surface area contributed by atoms with Crippen LogP contribution >= 0.6 is 7.37 Å². The Labute approximate surface area is 166 Å². The van der Waals surface area contributed by atoms with Crippen LogP contribution in [-0.4, -0.2) is 35.8 Å². The largest absolute Gasteiger partial charge is 0.484 e. The minimum Gasteiger partial charge on any atom is -0.484 e. The van der Waals surface area contributed by atoms with Gasteiger partial charge >= 0.3 is 6.09 Å². The van der Waals surface area contributed by atoms with Gasteiger partial charge in [-0.3, -0.25) is 4.57 Å². The third-order valence-corrected chi connectivity index (χ3v) is 7.27. The minimum atomic E-state index is -3.33. The van der Waals surface area contributed by atoms with Crippen molar-refractivity contribution < 1.29 is 28.1 Å². The molecule has 0 spiro atoms. The first-order valence-corrected chi connectivity index (χ1v) is 11.8. The van der Waals surface area contributed by atoms with Crippen LogP contribution in [0.5, 0.6) is 5.75 Å². The fourth-order valence-electron chi connectivity index (χ4n) is 3.20. The molecule has 1 aromatic carbocycles. The van der Waals surface area contributed by atoms with Gasteiger partial charge in [0.25, 0.3) is 0 Å². The monoisotopic (exact) mass is 415 g/mol. The zero-order chi connectivity index (χ0) is 20.6. The van der Waals surface area contributed by atoms with Crippen molar-refractivity contribution in [3.05, 3.63) is 29.8 Å². The van der Waals surface area contributed by atoms with Gasteiger partial charge in [0.15, 0.2) is 6.35 Å². The number of hydrogen-bond donors (Lipinski definition) is 2. The van der Waals surface area contributed by atoms with Crippen molar-refractivity contribution >= 4 is 13.5 Å². The molecule has 0 aliphatic heterocycles. The van der Waals surface area contributed by atoms with Gasteiger partial charge in [-0.25, -0.2) is 9.18 Å². The van der Waals surface area contributed by atoms with Crippen molar-refractivity contribution in [2.75, 3.05) is 13.0 Å². The molecule has 1 fully saturated rings. The Morgan fingerprint density at radius 3 is 2.54 bits per heavy atom. The second-order valence-electron chi connectivity index (χ2n) is 7.36. The van der Waals surface area contributed by atoms with Gasteiger partial charge in [0, 0.05) is 5.66 Å². The van der Waals surface area contributed by atoms with Crippen molar-refractivity contribution in [1.29, 1.82) is 0 Å². The molecule has 1 aliphatic rings. The van der Waals surface area contributed by atoms with Crippen molar-refractivity contribution in [3.63, 3.8) is 0 Å². The topological polar surface area (TPSA) is 84.9 Å². The molecule has 2 rings (SSSR count). The maximum absolute atomic E-state index is 13.1. The summed E-state index contributed by atoms with van der Waals surface area (Å²) in [6.45, 7) is 3.21. The number of ether oxygens (including phenoxy) is 2. The first kappa shape index (κ1) is 22.7. The van der Waals surface area contributed by atoms with Gasteiger partial charge in [-0.05, 0) is 43.9 Å². The molecule has 1 saturated carbocycles. The van der Waals surface area contributed by atoms with Crippen LogP contribution in [0.4, 0.5) is 9.18 Å². The molecule has 0 heterocycles. The standard InChI is InChI=1S/C20H31FNO5P/c1-3-17(21)13-26-20(23)22-15(2)16-9-11-18(12-10-16)27-14-28(24,25)19-7-5-4-6-8-19/h9-12,15,17,19H,3-8,13-14H2,1-2H3,(H,22,23)(H,24,25). The molecular weight excluding hydrogens is 384 g/mol. The van der Waals surface area contributed by atoms with Crippen molar-refractivity contribution in [2.45, 2.75) is 70.2 Å². The Morgan fingerprint density at radius 2 is 1.93 bits per heavy atom. The van der Waals surface area contributed by atoms with Gasteiger partial charge in [-0.15, -0.1) is 0 Å². The van der Waals surface area contributed by atoms with E-state index in [1.54, 1.807) is 38.1 Å². The maximum Gasteiger partial charge on any atom is 0.407 e. The summed E-state index contributed by atoms with van der Waals surface area (Å²) >= 11 is 0. The number of alkyl halides is 1. The van der Waals surface area contributed by atoms with E-state index >= 15 is 0 Å². The van der Waals surface area contributed by atoms with Crippen molar-refractivity contribution in [3.8, 4) is 5.75 Å². The summed E-state index contributed by atoms with van der Waals surface area (Å²) in [5.74, 6) is 0.506. The van der Waals surface area contributed by atoms with Gasteiger partial charge in [-0.2, -0.15) is 0 Å². The van der Waals surface area contributed by atoms with Crippen LogP contribution in [0.3, 0.4) is 0 Å². The van der Waals surface area contributed by atoms with Gasteiger partial charge in [0.1, 0.15) is 18.5 Å². The second-order valence-corrected chi connectivity index (χ2v) is 9.86. The molecule has 0 aromatic heterocycles. The van der Waals surface area contributed by atoms with E-state index in [1.807, 2.05) is 0 Å². The Hall–Kier alpha value is -1.59. The highest BCUT2D eigenvalue weighted by Gasteiger charge is 2.32. The van der Waals surface area contributed by atoms with Crippen LogP contribution in [0.25, 0.3) is 0 Å². The summed E-state index contributed by atoms with van der Waals surface area (Å²) in [5.41, 5.74) is 0.656. The van der Waals surface area contributed by atoms with E-state index in [0.717, 1.165) is 37.7 Å². The molecule has 0 saturated heterocycles. The number of nitrogens with one attached hydrogen (secondary N) is 1. The van der Waals surface area contributed by atoms with E-state index in [1.165, 1.54) is 0 Å². The molecule has 2 N–H and O–H groups in total. The molecule has 6 nitrogen and oxygen atoms in total. The summed E-state index contributed by atoms with van der Waals surface area (Å²) in [6, 6.07) is 6.62. The molecule has 158 valence electrons. The van der Waals surface area contributed by atoms with E-state index in [2.05, 4.69) is 5.32 Å². The molecule has 3 unspecified atom stereocenters. The molecular formula is C20H31FNO5P. The van der Waals surface area contributed by atoms with E-state index < -0.39 is 19.6 Å². The summed E-state index contributed by atoms with van der Waals surface area (Å²) in [7, 11) is -3.33. The van der Waals surface area contributed by atoms with Crippen LogP contribution in [0, 0.1) is 0 Å². The summed E-state index contributed by atoms with van der Waals surface area (Å²) in [4.78, 5) is 22.0. The molecule has 1 aromatic rings. The predicted molar refractivity (Wildman–Crippen MR) is 107 cm³/mol. The minimum absolute atomic E-state index is 0.160. The maximum atomic E-state index is 13.1. The predicted octanol–water partition coefficient (Wildman–Crippen LogP) is 5.16. The number of rotatable bonds is 9. The van der Waals surface area contributed by atoms with E-state index in [0.29, 0.717) is 12.2 Å². The lowest BCUT2D eigenvalue weighted by molar-refractivity contribution is 0.108. The number of carbonyl (C=O) groups excluding carboxylic acids is 1. The van der Waals surface area contributed by atoms with Crippen LogP contribution in [0.15, 0.2) is 24.3 Å². The number of hydrogen-bond acceptors (Lipinski definition) is 4. The Morgan fingerprint density at radius 1 is 1.29 bits per heavy atom. The number of halogens is 1. The van der Waals surface area contributed by atoms with Gasteiger partial charge in [-0.1, -0.05) is 38.3 Å². The fourth-order valence-corrected chi connectivity index (χ4v) is 4.91. The van der Waals surface area contributed by atoms with Crippen LogP contribution in [0.1, 0.15) is 64.0 Å². The van der Waals surface area contributed by atoms with Crippen LogP contribution < -0.4 is 10.1 Å². The van der Waals surface area contributed by atoms with Gasteiger partial charge in [0.05, 0.1) is 6.04 Å². The summed E-state index contributed by atoms with van der Waals surface area (Å²) in [6.07, 6.45) is 3.00. The lowest BCUT2D eigenvalue weighted by Gasteiger charge is -2.26. The van der Waals surface area contributed by atoms with E-state index in [-0.39, 0.29) is 24.7 Å². The Bertz CT molecular complexity index is 663. The molecule has 1 aliphatic carbocycles. The van der Waals surface area contributed by atoms with Gasteiger partial charge in [0.2, 0.25) is 7.37 Å². The molecule has 28 heavy (non-hydrogen) atoms. The highest BCUT2D eigenvalue weighted by atomic mass is 31.2. The number of amides is 1. The first-order chi connectivity index (χ1) is 13.3. The van der Waals surface area contributed by atoms with Gasteiger partial charge < -0.3 is 19.7 Å². The SMILES string of the molecule is CCC(F)COC(=O)NC(C)c1ccc(OCP(=O)(O)C2CCCCC2)cc1. The number of carbonyl (C=O) groups is 1. The van der Waals surface area contributed by atoms with Crippen molar-refractivity contribution in [1.82, 2.24) is 5.32 Å². The van der Waals surface area contributed by atoms with E-state index in [4.69, 9.17) is 9.47 Å². The smallest absolute Gasteiger partial charge is 0.407 e. The Balaban J connectivity index is 1.81. The molecule has 0 radical (unpaired) electrons. The van der Waals surface area contributed by atoms with Crippen LogP contribution in [0.2, 0.25) is 0 Å². The van der Waals surface area contributed by atoms with Crippen LogP contribution in [-0.2, 0) is 9.30 Å². The zero-order valence-corrected chi connectivity index (χ0v) is 17.5. The summed E-state index contributed by atoms with van der Waals surface area (Å²) in [5, 5.41) is 2.64. The lowest BCUT2D eigenvalue weighted by Crippen LogP contribution is -2.29. The highest BCUT2D eigenvalue weighted by molar-refractivity contribution is 7.58. The number of benzene rings is 1. The first-order valence-electron chi connectivity index (χ1n) is 9.93. The fraction of sp³-hybridized carbons (Fsp3) is 0.650. The molecule has 0 bridgehead atoms. The number of alkyl carbamates (subject to hydrolysis) is 1. The second kappa shape index (κ2) is 10.8. The Kier molecular flexibility index (Phi) is 8.77. The average Bonchev–Trinajstić information content (AvgIpc) is 2.71. The zero-order valence-electron chi connectivity index (χ0n) is 16.6. The average molecular weight is 415 g/mol. The molecule has 3 atom stereocenters.